The van der Waals surface area contributed by atoms with Gasteiger partial charge < -0.3 is 0 Å². The molecule has 0 fully saturated rings. The molecule has 5 nitrogen and oxygen atoms in total. The maximum Gasteiger partial charge on any atom is 0.433 e. The third-order valence-electron chi connectivity index (χ3n) is 2.14. The van der Waals surface area contributed by atoms with E-state index in [9.17, 15) is 32.1 Å². The molecule has 102 valence electrons. The molecule has 0 aliphatic heterocycles. The van der Waals surface area contributed by atoms with Crippen LogP contribution in [-0.2, 0) is 12.6 Å². The molecule has 0 aliphatic carbocycles. The normalized spacial score (nSPS) is 11.4. The standard InChI is InChI=1S/C9H4F5N3O2/c10-8(11)6-4(1-2-15)7(9(12,13)14)16-3-5(6)17(18)19/h3,8H,1H2. The van der Waals surface area contributed by atoms with Crippen LogP contribution in [-0.4, -0.2) is 9.91 Å². The van der Waals surface area contributed by atoms with Gasteiger partial charge in [0.1, 0.15) is 17.5 Å². The molecule has 0 spiro atoms. The van der Waals surface area contributed by atoms with Crippen molar-refractivity contribution in [2.75, 3.05) is 0 Å². The van der Waals surface area contributed by atoms with Gasteiger partial charge in [0.15, 0.2) is 0 Å². The summed E-state index contributed by atoms with van der Waals surface area (Å²) >= 11 is 0. The highest BCUT2D eigenvalue weighted by Crippen LogP contribution is 2.39. The Morgan fingerprint density at radius 3 is 2.42 bits per heavy atom. The van der Waals surface area contributed by atoms with Crippen molar-refractivity contribution < 1.29 is 26.9 Å². The number of nitrogens with zero attached hydrogens (tertiary/aromatic N) is 3. The molecule has 0 amide bonds. The van der Waals surface area contributed by atoms with Crippen molar-refractivity contribution in [3.63, 3.8) is 0 Å². The summed E-state index contributed by atoms with van der Waals surface area (Å²) in [5, 5.41) is 18.9. The van der Waals surface area contributed by atoms with Gasteiger partial charge in [-0.15, -0.1) is 0 Å². The third-order valence-corrected chi connectivity index (χ3v) is 2.14. The summed E-state index contributed by atoms with van der Waals surface area (Å²) in [5.74, 6) is 0. The van der Waals surface area contributed by atoms with E-state index in [0.29, 0.717) is 0 Å². The maximum atomic E-state index is 12.7. The molecule has 19 heavy (non-hydrogen) atoms. The third kappa shape index (κ3) is 2.93. The summed E-state index contributed by atoms with van der Waals surface area (Å²) in [4.78, 5) is 12.0. The average Bonchev–Trinajstić information content (AvgIpc) is 2.26. The van der Waals surface area contributed by atoms with Crippen molar-refractivity contribution in [2.45, 2.75) is 19.0 Å². The first-order valence-corrected chi connectivity index (χ1v) is 4.58. The summed E-state index contributed by atoms with van der Waals surface area (Å²) in [6.07, 6.45) is -9.54. The van der Waals surface area contributed by atoms with E-state index in [-0.39, 0.29) is 6.20 Å². The predicted octanol–water partition coefficient (Wildman–Crippen LogP) is 3.01. The largest absolute Gasteiger partial charge is 0.433 e. The lowest BCUT2D eigenvalue weighted by Gasteiger charge is -2.13. The van der Waals surface area contributed by atoms with Crippen LogP contribution >= 0.6 is 0 Å². The molecular formula is C9H4F5N3O2. The zero-order valence-corrected chi connectivity index (χ0v) is 8.91. The number of pyridine rings is 1. The first-order chi connectivity index (χ1) is 8.70. The van der Waals surface area contributed by atoms with Gasteiger partial charge in [0.05, 0.1) is 17.4 Å². The number of halogens is 5. The second-order valence-electron chi connectivity index (χ2n) is 3.27. The van der Waals surface area contributed by atoms with E-state index >= 15 is 0 Å². The molecule has 1 aromatic rings. The van der Waals surface area contributed by atoms with Crippen LogP contribution in [0.2, 0.25) is 0 Å². The van der Waals surface area contributed by atoms with Crippen LogP contribution in [0.15, 0.2) is 6.20 Å². The van der Waals surface area contributed by atoms with E-state index in [1.165, 1.54) is 6.07 Å². The van der Waals surface area contributed by atoms with Gasteiger partial charge in [-0.2, -0.15) is 18.4 Å². The summed E-state index contributed by atoms with van der Waals surface area (Å²) in [6, 6.07) is 1.26. The number of aromatic nitrogens is 1. The van der Waals surface area contributed by atoms with Gasteiger partial charge >= 0.3 is 6.18 Å². The summed E-state index contributed by atoms with van der Waals surface area (Å²) in [5.41, 5.74) is -5.55. The van der Waals surface area contributed by atoms with Crippen molar-refractivity contribution in [3.8, 4) is 6.07 Å². The van der Waals surface area contributed by atoms with Gasteiger partial charge in [-0.05, 0) is 0 Å². The number of nitriles is 1. The highest BCUT2D eigenvalue weighted by atomic mass is 19.4. The molecule has 0 N–H and O–H groups in total. The molecular weight excluding hydrogens is 277 g/mol. The van der Waals surface area contributed by atoms with Crippen molar-refractivity contribution >= 4 is 5.69 Å². The monoisotopic (exact) mass is 281 g/mol. The smallest absolute Gasteiger partial charge is 0.258 e. The molecule has 1 heterocycles. The molecule has 0 aromatic carbocycles. The summed E-state index contributed by atoms with van der Waals surface area (Å²) < 4.78 is 63.1. The van der Waals surface area contributed by atoms with Crippen molar-refractivity contribution in [1.29, 1.82) is 5.26 Å². The van der Waals surface area contributed by atoms with E-state index in [0.717, 1.165) is 0 Å². The fourth-order valence-corrected chi connectivity index (χ4v) is 1.45. The lowest BCUT2D eigenvalue weighted by Crippen LogP contribution is -2.15. The number of rotatable bonds is 3. The number of hydrogen-bond donors (Lipinski definition) is 0. The quantitative estimate of drug-likeness (QED) is 0.484. The Hall–Kier alpha value is -2.31. The van der Waals surface area contributed by atoms with Crippen LogP contribution in [0.4, 0.5) is 27.6 Å². The molecule has 0 aliphatic rings. The van der Waals surface area contributed by atoms with Gasteiger partial charge in [-0.3, -0.25) is 10.1 Å². The molecule has 1 rings (SSSR count). The summed E-state index contributed by atoms with van der Waals surface area (Å²) in [6.45, 7) is 0. The van der Waals surface area contributed by atoms with Crippen LogP contribution in [0.5, 0.6) is 0 Å². The topological polar surface area (TPSA) is 79.8 Å². The van der Waals surface area contributed by atoms with E-state index in [2.05, 4.69) is 4.98 Å². The maximum absolute atomic E-state index is 12.7. The Balaban J connectivity index is 3.69. The average molecular weight is 281 g/mol. The lowest BCUT2D eigenvalue weighted by molar-refractivity contribution is -0.386. The minimum absolute atomic E-state index is 0.116. The number of alkyl halides is 5. The van der Waals surface area contributed by atoms with E-state index < -0.39 is 46.5 Å². The number of nitro groups is 1. The van der Waals surface area contributed by atoms with Crippen LogP contribution < -0.4 is 0 Å². The minimum Gasteiger partial charge on any atom is -0.258 e. The lowest BCUT2D eigenvalue weighted by atomic mass is 10.0. The Morgan fingerprint density at radius 1 is 1.47 bits per heavy atom. The van der Waals surface area contributed by atoms with E-state index in [1.54, 1.807) is 0 Å². The molecule has 0 atom stereocenters. The van der Waals surface area contributed by atoms with Crippen LogP contribution in [0, 0.1) is 21.4 Å². The summed E-state index contributed by atoms with van der Waals surface area (Å²) in [7, 11) is 0. The van der Waals surface area contributed by atoms with Crippen molar-refractivity contribution in [1.82, 2.24) is 4.98 Å². The Labute approximate surface area is 102 Å². The van der Waals surface area contributed by atoms with Crippen LogP contribution in [0.25, 0.3) is 0 Å². The Kier molecular flexibility index (Phi) is 3.98. The molecule has 10 heteroatoms. The van der Waals surface area contributed by atoms with E-state index in [4.69, 9.17) is 5.26 Å². The van der Waals surface area contributed by atoms with Crippen LogP contribution in [0.3, 0.4) is 0 Å². The molecule has 0 saturated carbocycles. The van der Waals surface area contributed by atoms with Gasteiger partial charge in [-0.1, -0.05) is 0 Å². The zero-order chi connectivity index (χ0) is 14.8. The van der Waals surface area contributed by atoms with Gasteiger partial charge in [-0.25, -0.2) is 13.8 Å². The Bertz CT molecular complexity index is 550. The Morgan fingerprint density at radius 2 is 2.05 bits per heavy atom. The first kappa shape index (κ1) is 14.7. The SMILES string of the molecule is N#CCc1c(C(F)(F)F)ncc([N+](=O)[O-])c1C(F)F. The minimum atomic E-state index is -5.08. The fourth-order valence-electron chi connectivity index (χ4n) is 1.45. The molecule has 0 radical (unpaired) electrons. The van der Waals surface area contributed by atoms with Gasteiger partial charge in [0.25, 0.3) is 12.1 Å². The second-order valence-corrected chi connectivity index (χ2v) is 3.27. The van der Waals surface area contributed by atoms with Gasteiger partial charge in [0.2, 0.25) is 0 Å². The highest BCUT2D eigenvalue weighted by Gasteiger charge is 2.40. The van der Waals surface area contributed by atoms with Crippen molar-refractivity contribution in [2.24, 2.45) is 0 Å². The molecule has 1 aromatic heterocycles. The predicted molar refractivity (Wildman–Crippen MR) is 50.2 cm³/mol. The highest BCUT2D eigenvalue weighted by molar-refractivity contribution is 5.48. The molecule has 0 saturated heterocycles. The molecule has 0 bridgehead atoms. The number of hydrogen-bond acceptors (Lipinski definition) is 4. The van der Waals surface area contributed by atoms with E-state index in [1.807, 2.05) is 0 Å². The zero-order valence-electron chi connectivity index (χ0n) is 8.91. The van der Waals surface area contributed by atoms with Crippen molar-refractivity contribution in [3.05, 3.63) is 33.1 Å². The molecule has 0 unspecified atom stereocenters. The second kappa shape index (κ2) is 5.13. The fraction of sp³-hybridized carbons (Fsp3) is 0.333. The van der Waals surface area contributed by atoms with Gasteiger partial charge in [0, 0.05) is 5.56 Å². The first-order valence-electron chi connectivity index (χ1n) is 4.58. The van der Waals surface area contributed by atoms with Crippen LogP contribution in [0.1, 0.15) is 23.2 Å².